The van der Waals surface area contributed by atoms with Crippen LogP contribution < -0.4 is 4.74 Å². The first-order chi connectivity index (χ1) is 9.65. The van der Waals surface area contributed by atoms with Crippen molar-refractivity contribution in [3.05, 3.63) is 29.8 Å². The molecule has 1 aliphatic heterocycles. The standard InChI is InChI=1S/C14H19NO5/c1-19-10-4-2-9(3-5-10)6-15-11-8-20-12(7-16)14(18)13(11)17/h2-6,11-14,16-18H,7-8H2,1H3/t11-,12+,13+,14+/m0/s1. The van der Waals surface area contributed by atoms with Crippen LogP contribution in [0.3, 0.4) is 0 Å². The molecule has 3 N–H and O–H groups in total. The van der Waals surface area contributed by atoms with Crippen molar-refractivity contribution in [1.82, 2.24) is 0 Å². The number of aliphatic hydroxyl groups excluding tert-OH is 3. The van der Waals surface area contributed by atoms with Gasteiger partial charge in [-0.15, -0.1) is 0 Å². The highest BCUT2D eigenvalue weighted by atomic mass is 16.5. The largest absolute Gasteiger partial charge is 0.497 e. The number of hydrogen-bond donors (Lipinski definition) is 3. The first-order valence-electron chi connectivity index (χ1n) is 6.41. The second-order valence-electron chi connectivity index (χ2n) is 4.65. The summed E-state index contributed by atoms with van der Waals surface area (Å²) in [5.74, 6) is 0.754. The second-order valence-corrected chi connectivity index (χ2v) is 4.65. The van der Waals surface area contributed by atoms with E-state index < -0.39 is 24.4 Å². The number of ether oxygens (including phenoxy) is 2. The van der Waals surface area contributed by atoms with E-state index in [1.165, 1.54) is 0 Å². The summed E-state index contributed by atoms with van der Waals surface area (Å²) in [6.45, 7) is -0.163. The topological polar surface area (TPSA) is 91.5 Å². The summed E-state index contributed by atoms with van der Waals surface area (Å²) in [4.78, 5) is 4.23. The molecule has 0 unspecified atom stereocenters. The van der Waals surface area contributed by atoms with Crippen molar-refractivity contribution in [2.45, 2.75) is 24.4 Å². The second kappa shape index (κ2) is 6.81. The van der Waals surface area contributed by atoms with Gasteiger partial charge in [0, 0.05) is 6.21 Å². The van der Waals surface area contributed by atoms with Crippen LogP contribution in [-0.2, 0) is 4.74 Å². The number of methoxy groups -OCH3 is 1. The lowest BCUT2D eigenvalue weighted by Crippen LogP contribution is -2.53. The van der Waals surface area contributed by atoms with Gasteiger partial charge in [0.1, 0.15) is 30.1 Å². The molecule has 110 valence electrons. The molecule has 1 aromatic carbocycles. The average molecular weight is 281 g/mol. The first-order valence-corrected chi connectivity index (χ1v) is 6.41. The third-order valence-corrected chi connectivity index (χ3v) is 3.32. The SMILES string of the molecule is COc1ccc(C=N[C@H]2CO[C@H](CO)[C@@H](O)[C@@H]2O)cc1. The van der Waals surface area contributed by atoms with Crippen LogP contribution in [0.4, 0.5) is 0 Å². The van der Waals surface area contributed by atoms with E-state index in [0.717, 1.165) is 11.3 Å². The number of nitrogens with zero attached hydrogens (tertiary/aromatic N) is 1. The summed E-state index contributed by atoms with van der Waals surface area (Å²) in [6.07, 6.45) is -1.32. The number of benzene rings is 1. The van der Waals surface area contributed by atoms with Gasteiger partial charge >= 0.3 is 0 Å². The Morgan fingerprint density at radius 2 is 2.00 bits per heavy atom. The van der Waals surface area contributed by atoms with Gasteiger partial charge in [0.25, 0.3) is 0 Å². The average Bonchev–Trinajstić information content (AvgIpc) is 2.49. The van der Waals surface area contributed by atoms with Gasteiger partial charge < -0.3 is 24.8 Å². The van der Waals surface area contributed by atoms with Gasteiger partial charge in [-0.2, -0.15) is 0 Å². The zero-order valence-corrected chi connectivity index (χ0v) is 11.2. The summed E-state index contributed by atoms with van der Waals surface area (Å²) in [6, 6.07) is 6.75. The fourth-order valence-corrected chi connectivity index (χ4v) is 2.03. The minimum Gasteiger partial charge on any atom is -0.497 e. The van der Waals surface area contributed by atoms with E-state index in [2.05, 4.69) is 4.99 Å². The van der Waals surface area contributed by atoms with Crippen molar-refractivity contribution in [3.8, 4) is 5.75 Å². The quantitative estimate of drug-likeness (QED) is 0.653. The molecule has 0 saturated carbocycles. The highest BCUT2D eigenvalue weighted by molar-refractivity contribution is 5.79. The Balaban J connectivity index is 2.00. The molecule has 1 aliphatic rings. The minimum atomic E-state index is -1.13. The van der Waals surface area contributed by atoms with E-state index in [9.17, 15) is 10.2 Å². The van der Waals surface area contributed by atoms with Crippen molar-refractivity contribution < 1.29 is 24.8 Å². The van der Waals surface area contributed by atoms with Crippen LogP contribution in [0.5, 0.6) is 5.75 Å². The Hall–Kier alpha value is -1.47. The van der Waals surface area contributed by atoms with E-state index >= 15 is 0 Å². The fraction of sp³-hybridized carbons (Fsp3) is 0.500. The number of aliphatic hydroxyl groups is 3. The van der Waals surface area contributed by atoms with Crippen LogP contribution in [-0.4, -0.2) is 66.2 Å². The van der Waals surface area contributed by atoms with Crippen LogP contribution in [0.25, 0.3) is 0 Å². The van der Waals surface area contributed by atoms with Crippen LogP contribution >= 0.6 is 0 Å². The Kier molecular flexibility index (Phi) is 5.08. The predicted molar refractivity (Wildman–Crippen MR) is 73.2 cm³/mol. The van der Waals surface area contributed by atoms with E-state index in [1.54, 1.807) is 13.3 Å². The zero-order valence-electron chi connectivity index (χ0n) is 11.2. The Morgan fingerprint density at radius 3 is 2.60 bits per heavy atom. The van der Waals surface area contributed by atoms with Crippen molar-refractivity contribution in [3.63, 3.8) is 0 Å². The molecule has 6 heteroatoms. The van der Waals surface area contributed by atoms with E-state index in [1.807, 2.05) is 24.3 Å². The van der Waals surface area contributed by atoms with Gasteiger partial charge in [-0.25, -0.2) is 0 Å². The molecule has 6 nitrogen and oxygen atoms in total. The van der Waals surface area contributed by atoms with Crippen molar-refractivity contribution >= 4 is 6.21 Å². The molecule has 0 aromatic heterocycles. The summed E-state index contributed by atoms with van der Waals surface area (Å²) in [7, 11) is 1.60. The first kappa shape index (κ1) is 14.9. The highest BCUT2D eigenvalue weighted by Gasteiger charge is 2.37. The molecule has 1 fully saturated rings. The van der Waals surface area contributed by atoms with Gasteiger partial charge in [-0.1, -0.05) is 0 Å². The molecule has 0 spiro atoms. The van der Waals surface area contributed by atoms with E-state index in [0.29, 0.717) is 0 Å². The molecular weight excluding hydrogens is 262 g/mol. The van der Waals surface area contributed by atoms with E-state index in [4.69, 9.17) is 14.6 Å². The van der Waals surface area contributed by atoms with Crippen LogP contribution in [0.2, 0.25) is 0 Å². The molecule has 0 aliphatic carbocycles. The highest BCUT2D eigenvalue weighted by Crippen LogP contribution is 2.18. The Bertz CT molecular complexity index is 447. The van der Waals surface area contributed by atoms with Gasteiger partial charge in [-0.05, 0) is 29.8 Å². The number of rotatable bonds is 4. The third kappa shape index (κ3) is 3.34. The van der Waals surface area contributed by atoms with Crippen LogP contribution in [0.15, 0.2) is 29.3 Å². The van der Waals surface area contributed by atoms with Gasteiger partial charge in [-0.3, -0.25) is 4.99 Å². The molecule has 4 atom stereocenters. The zero-order chi connectivity index (χ0) is 14.5. The predicted octanol–water partition coefficient (Wildman–Crippen LogP) is -0.404. The molecule has 0 radical (unpaired) electrons. The van der Waals surface area contributed by atoms with E-state index in [-0.39, 0.29) is 13.2 Å². The fourth-order valence-electron chi connectivity index (χ4n) is 2.03. The summed E-state index contributed by atoms with van der Waals surface area (Å²) in [5, 5.41) is 28.6. The maximum Gasteiger partial charge on any atom is 0.118 e. The van der Waals surface area contributed by atoms with Crippen molar-refractivity contribution in [1.29, 1.82) is 0 Å². The van der Waals surface area contributed by atoms with Crippen LogP contribution in [0.1, 0.15) is 5.56 Å². The number of hydrogen-bond acceptors (Lipinski definition) is 6. The van der Waals surface area contributed by atoms with Crippen molar-refractivity contribution in [2.75, 3.05) is 20.3 Å². The van der Waals surface area contributed by atoms with Crippen LogP contribution in [0, 0.1) is 0 Å². The Morgan fingerprint density at radius 1 is 1.30 bits per heavy atom. The molecule has 1 aromatic rings. The smallest absolute Gasteiger partial charge is 0.118 e. The third-order valence-electron chi connectivity index (χ3n) is 3.32. The lowest BCUT2D eigenvalue weighted by atomic mass is 9.99. The number of aliphatic imine (C=N–C) groups is 1. The summed E-state index contributed by atoms with van der Waals surface area (Å²) < 4.78 is 10.3. The minimum absolute atomic E-state index is 0.163. The van der Waals surface area contributed by atoms with Gasteiger partial charge in [0.15, 0.2) is 0 Å². The maximum absolute atomic E-state index is 9.92. The monoisotopic (exact) mass is 281 g/mol. The Labute approximate surface area is 117 Å². The molecule has 1 heterocycles. The molecule has 2 rings (SSSR count). The summed E-state index contributed by atoms with van der Waals surface area (Å²) in [5.41, 5.74) is 0.858. The maximum atomic E-state index is 9.92. The molecule has 0 bridgehead atoms. The molecule has 20 heavy (non-hydrogen) atoms. The molecule has 1 saturated heterocycles. The van der Waals surface area contributed by atoms with Gasteiger partial charge in [0.2, 0.25) is 0 Å². The summed E-state index contributed by atoms with van der Waals surface area (Å²) >= 11 is 0. The molecular formula is C14H19NO5. The lowest BCUT2D eigenvalue weighted by Gasteiger charge is -2.34. The normalized spacial score (nSPS) is 30.6. The van der Waals surface area contributed by atoms with Gasteiger partial charge in [0.05, 0.1) is 20.3 Å². The lowest BCUT2D eigenvalue weighted by molar-refractivity contribution is -0.155. The molecule has 0 amide bonds. The van der Waals surface area contributed by atoms with Crippen molar-refractivity contribution in [2.24, 2.45) is 4.99 Å².